The SMILES string of the molecule is C[C@@H]1C[C@H](C)CN([C@@H](C)C(=O)NCc2ccc(F)cc2)C1. The largest absolute Gasteiger partial charge is 0.351 e. The van der Waals surface area contributed by atoms with E-state index in [0.717, 1.165) is 18.7 Å². The summed E-state index contributed by atoms with van der Waals surface area (Å²) in [5.74, 6) is 1.07. The van der Waals surface area contributed by atoms with E-state index >= 15 is 0 Å². The number of rotatable bonds is 4. The van der Waals surface area contributed by atoms with Crippen molar-refractivity contribution in [2.45, 2.75) is 39.8 Å². The van der Waals surface area contributed by atoms with Gasteiger partial charge in [0.05, 0.1) is 6.04 Å². The van der Waals surface area contributed by atoms with Crippen molar-refractivity contribution < 1.29 is 9.18 Å². The van der Waals surface area contributed by atoms with Crippen molar-refractivity contribution in [2.24, 2.45) is 11.8 Å². The lowest BCUT2D eigenvalue weighted by Gasteiger charge is -2.38. The number of amides is 1. The lowest BCUT2D eigenvalue weighted by Crippen LogP contribution is -2.50. The minimum atomic E-state index is -0.255. The predicted molar refractivity (Wildman–Crippen MR) is 82.2 cm³/mol. The number of benzene rings is 1. The lowest BCUT2D eigenvalue weighted by atomic mass is 9.91. The summed E-state index contributed by atoms with van der Waals surface area (Å²) in [6.07, 6.45) is 1.24. The third-order valence-corrected chi connectivity index (χ3v) is 4.20. The first-order valence-corrected chi connectivity index (χ1v) is 7.72. The minimum absolute atomic E-state index is 0.0422. The van der Waals surface area contributed by atoms with Gasteiger partial charge in [0.15, 0.2) is 0 Å². The Bertz CT molecular complexity index is 464. The molecule has 2 rings (SSSR count). The molecule has 1 aliphatic heterocycles. The Kier molecular flexibility index (Phi) is 5.34. The number of carbonyl (C=O) groups excluding carboxylic acids is 1. The highest BCUT2D eigenvalue weighted by atomic mass is 19.1. The standard InChI is InChI=1S/C17H25FN2O/c1-12-8-13(2)11-20(10-12)14(3)17(21)19-9-15-4-6-16(18)7-5-15/h4-7,12-14H,8-11H2,1-3H3,(H,19,21)/t12-,13+,14-/m0/s1. The molecule has 1 saturated heterocycles. The van der Waals surface area contributed by atoms with Gasteiger partial charge in [0.25, 0.3) is 0 Å². The van der Waals surface area contributed by atoms with Gasteiger partial charge in [-0.15, -0.1) is 0 Å². The monoisotopic (exact) mass is 292 g/mol. The number of nitrogens with one attached hydrogen (secondary N) is 1. The van der Waals surface area contributed by atoms with Gasteiger partial charge in [0, 0.05) is 19.6 Å². The number of carbonyl (C=O) groups is 1. The molecular weight excluding hydrogens is 267 g/mol. The molecule has 116 valence electrons. The molecule has 21 heavy (non-hydrogen) atoms. The van der Waals surface area contributed by atoms with E-state index in [2.05, 4.69) is 24.1 Å². The quantitative estimate of drug-likeness (QED) is 0.925. The van der Waals surface area contributed by atoms with Gasteiger partial charge in [-0.3, -0.25) is 9.69 Å². The third-order valence-electron chi connectivity index (χ3n) is 4.20. The molecule has 0 saturated carbocycles. The summed E-state index contributed by atoms with van der Waals surface area (Å²) in [5.41, 5.74) is 0.914. The summed E-state index contributed by atoms with van der Waals surface area (Å²) < 4.78 is 12.8. The van der Waals surface area contributed by atoms with Crippen LogP contribution in [0, 0.1) is 17.7 Å². The van der Waals surface area contributed by atoms with Crippen LogP contribution in [0.15, 0.2) is 24.3 Å². The fraction of sp³-hybridized carbons (Fsp3) is 0.588. The Labute approximate surface area is 126 Å². The fourth-order valence-electron chi connectivity index (χ4n) is 3.13. The molecule has 0 bridgehead atoms. The summed E-state index contributed by atoms with van der Waals surface area (Å²) in [7, 11) is 0. The van der Waals surface area contributed by atoms with Crippen molar-refractivity contribution in [1.82, 2.24) is 10.2 Å². The van der Waals surface area contributed by atoms with Gasteiger partial charge in [-0.1, -0.05) is 26.0 Å². The van der Waals surface area contributed by atoms with Crippen LogP contribution in [0.2, 0.25) is 0 Å². The molecule has 0 unspecified atom stereocenters. The average Bonchev–Trinajstić information content (AvgIpc) is 2.44. The summed E-state index contributed by atoms with van der Waals surface area (Å²) in [6.45, 7) is 8.86. The van der Waals surface area contributed by atoms with E-state index in [1.165, 1.54) is 18.6 Å². The first kappa shape index (κ1) is 16.0. The van der Waals surface area contributed by atoms with E-state index in [0.29, 0.717) is 18.4 Å². The molecule has 1 amide bonds. The Balaban J connectivity index is 1.86. The van der Waals surface area contributed by atoms with Gasteiger partial charge < -0.3 is 5.32 Å². The maximum Gasteiger partial charge on any atom is 0.237 e. The zero-order chi connectivity index (χ0) is 15.4. The molecule has 1 N–H and O–H groups in total. The van der Waals surface area contributed by atoms with Gasteiger partial charge in [-0.2, -0.15) is 0 Å². The van der Waals surface area contributed by atoms with Crippen LogP contribution in [0.5, 0.6) is 0 Å². The second-order valence-corrected chi connectivity index (χ2v) is 6.42. The molecule has 1 aromatic carbocycles. The second kappa shape index (κ2) is 7.03. The fourth-order valence-corrected chi connectivity index (χ4v) is 3.13. The van der Waals surface area contributed by atoms with Crippen LogP contribution in [0.25, 0.3) is 0 Å². The summed E-state index contributed by atoms with van der Waals surface area (Å²) >= 11 is 0. The summed E-state index contributed by atoms with van der Waals surface area (Å²) in [6, 6.07) is 6.12. The Morgan fingerprint density at radius 3 is 2.43 bits per heavy atom. The number of halogens is 1. The summed E-state index contributed by atoms with van der Waals surface area (Å²) in [4.78, 5) is 14.5. The van der Waals surface area contributed by atoms with E-state index < -0.39 is 0 Å². The molecule has 0 aromatic heterocycles. The van der Waals surface area contributed by atoms with Crippen LogP contribution in [-0.2, 0) is 11.3 Å². The van der Waals surface area contributed by atoms with Crippen molar-refractivity contribution in [1.29, 1.82) is 0 Å². The van der Waals surface area contributed by atoms with E-state index in [1.54, 1.807) is 12.1 Å². The van der Waals surface area contributed by atoms with Gasteiger partial charge in [0.1, 0.15) is 5.82 Å². The molecule has 3 nitrogen and oxygen atoms in total. The third kappa shape index (κ3) is 4.53. The van der Waals surface area contributed by atoms with E-state index in [4.69, 9.17) is 0 Å². The van der Waals surface area contributed by atoms with Crippen LogP contribution in [-0.4, -0.2) is 29.9 Å². The predicted octanol–water partition coefficient (Wildman–Crippen LogP) is 2.81. The number of hydrogen-bond donors (Lipinski definition) is 1. The van der Waals surface area contributed by atoms with Crippen LogP contribution in [0.1, 0.15) is 32.8 Å². The molecule has 1 aromatic rings. The average molecular weight is 292 g/mol. The smallest absolute Gasteiger partial charge is 0.237 e. The molecule has 1 fully saturated rings. The lowest BCUT2D eigenvalue weighted by molar-refractivity contribution is -0.127. The first-order chi connectivity index (χ1) is 9.95. The molecule has 1 aliphatic rings. The van der Waals surface area contributed by atoms with Crippen LogP contribution in [0.3, 0.4) is 0 Å². The minimum Gasteiger partial charge on any atom is -0.351 e. The molecule has 3 atom stereocenters. The van der Waals surface area contributed by atoms with Crippen molar-refractivity contribution in [3.05, 3.63) is 35.6 Å². The molecule has 0 aliphatic carbocycles. The van der Waals surface area contributed by atoms with Gasteiger partial charge in [-0.25, -0.2) is 4.39 Å². The Morgan fingerprint density at radius 2 is 1.86 bits per heavy atom. The number of piperidine rings is 1. The van der Waals surface area contributed by atoms with Crippen molar-refractivity contribution >= 4 is 5.91 Å². The normalized spacial score (nSPS) is 24.6. The van der Waals surface area contributed by atoms with Crippen LogP contribution in [0.4, 0.5) is 4.39 Å². The number of hydrogen-bond acceptors (Lipinski definition) is 2. The molecule has 0 radical (unpaired) electrons. The van der Waals surface area contributed by atoms with E-state index in [1.807, 2.05) is 6.92 Å². The Morgan fingerprint density at radius 1 is 1.29 bits per heavy atom. The zero-order valence-electron chi connectivity index (χ0n) is 13.1. The van der Waals surface area contributed by atoms with Gasteiger partial charge in [0.2, 0.25) is 5.91 Å². The highest BCUT2D eigenvalue weighted by Gasteiger charge is 2.28. The first-order valence-electron chi connectivity index (χ1n) is 7.72. The molecular formula is C17H25FN2O. The van der Waals surface area contributed by atoms with E-state index in [-0.39, 0.29) is 17.8 Å². The number of likely N-dealkylation sites (tertiary alicyclic amines) is 1. The highest BCUT2D eigenvalue weighted by Crippen LogP contribution is 2.22. The molecule has 4 heteroatoms. The van der Waals surface area contributed by atoms with Crippen LogP contribution < -0.4 is 5.32 Å². The molecule has 0 spiro atoms. The van der Waals surface area contributed by atoms with E-state index in [9.17, 15) is 9.18 Å². The second-order valence-electron chi connectivity index (χ2n) is 6.42. The zero-order valence-corrected chi connectivity index (χ0v) is 13.1. The van der Waals surface area contributed by atoms with Gasteiger partial charge >= 0.3 is 0 Å². The van der Waals surface area contributed by atoms with Crippen molar-refractivity contribution in [2.75, 3.05) is 13.1 Å². The highest BCUT2D eigenvalue weighted by molar-refractivity contribution is 5.81. The van der Waals surface area contributed by atoms with Crippen molar-refractivity contribution in [3.8, 4) is 0 Å². The maximum absolute atomic E-state index is 12.8. The number of nitrogens with zero attached hydrogens (tertiary/aromatic N) is 1. The van der Waals surface area contributed by atoms with Crippen molar-refractivity contribution in [3.63, 3.8) is 0 Å². The topological polar surface area (TPSA) is 32.3 Å². The Hall–Kier alpha value is -1.42. The maximum atomic E-state index is 12.8. The van der Waals surface area contributed by atoms with Crippen LogP contribution >= 0.6 is 0 Å². The molecule has 1 heterocycles. The summed E-state index contributed by atoms with van der Waals surface area (Å²) in [5, 5.41) is 2.94. The van der Waals surface area contributed by atoms with Gasteiger partial charge in [-0.05, 0) is 42.9 Å².